The minimum Gasteiger partial charge on any atom is -0.390 e. The van der Waals surface area contributed by atoms with Gasteiger partial charge in [0.2, 0.25) is 0 Å². The van der Waals surface area contributed by atoms with E-state index in [2.05, 4.69) is 28.2 Å². The number of pyridine rings is 1. The molecule has 1 saturated heterocycles. The standard InChI is InChI=1S/C12H19N3O/c1-10-7-15(9-12(16)6-14-10)8-11-3-2-4-13-5-11/h2-5,10,12,14,16H,6-9H2,1H3. The number of rotatable bonds is 2. The van der Waals surface area contributed by atoms with Crippen LogP contribution in [0.2, 0.25) is 0 Å². The number of hydrogen-bond acceptors (Lipinski definition) is 4. The van der Waals surface area contributed by atoms with E-state index in [9.17, 15) is 5.11 Å². The summed E-state index contributed by atoms with van der Waals surface area (Å²) in [4.78, 5) is 6.38. The van der Waals surface area contributed by atoms with Crippen LogP contribution in [0.5, 0.6) is 0 Å². The molecule has 2 atom stereocenters. The Bertz CT molecular complexity index is 305. The SMILES string of the molecule is CC1CN(Cc2cccnc2)CC(O)CN1. The second-order valence-electron chi connectivity index (χ2n) is 4.52. The first-order chi connectivity index (χ1) is 7.74. The summed E-state index contributed by atoms with van der Waals surface area (Å²) < 4.78 is 0. The maximum absolute atomic E-state index is 9.74. The smallest absolute Gasteiger partial charge is 0.0791 e. The molecule has 0 aromatic carbocycles. The third-order valence-corrected chi connectivity index (χ3v) is 2.83. The van der Waals surface area contributed by atoms with Gasteiger partial charge in [-0.15, -0.1) is 0 Å². The van der Waals surface area contributed by atoms with Crippen LogP contribution >= 0.6 is 0 Å². The van der Waals surface area contributed by atoms with Crippen LogP contribution in [0.1, 0.15) is 12.5 Å². The molecular weight excluding hydrogens is 202 g/mol. The molecule has 0 aliphatic carbocycles. The van der Waals surface area contributed by atoms with Crippen molar-refractivity contribution < 1.29 is 5.11 Å². The molecule has 0 bridgehead atoms. The normalized spacial score (nSPS) is 27.6. The first kappa shape index (κ1) is 11.5. The van der Waals surface area contributed by atoms with E-state index in [1.807, 2.05) is 12.3 Å². The largest absolute Gasteiger partial charge is 0.390 e. The van der Waals surface area contributed by atoms with Crippen LogP contribution in [0.3, 0.4) is 0 Å². The van der Waals surface area contributed by atoms with Crippen LogP contribution in [0.15, 0.2) is 24.5 Å². The minimum atomic E-state index is -0.276. The first-order valence-corrected chi connectivity index (χ1v) is 5.77. The number of β-amino-alcohol motifs (C(OH)–C–C–N with tert-alkyl or cyclic N) is 1. The third-order valence-electron chi connectivity index (χ3n) is 2.83. The predicted molar refractivity (Wildman–Crippen MR) is 63.0 cm³/mol. The molecule has 1 aromatic heterocycles. The number of nitrogens with one attached hydrogen (secondary N) is 1. The lowest BCUT2D eigenvalue weighted by molar-refractivity contribution is 0.126. The van der Waals surface area contributed by atoms with Crippen LogP contribution in [-0.4, -0.2) is 46.8 Å². The van der Waals surface area contributed by atoms with Crippen LogP contribution in [0.4, 0.5) is 0 Å². The fourth-order valence-corrected chi connectivity index (χ4v) is 2.11. The molecule has 2 unspecified atom stereocenters. The van der Waals surface area contributed by atoms with Crippen molar-refractivity contribution in [2.75, 3.05) is 19.6 Å². The second-order valence-corrected chi connectivity index (χ2v) is 4.52. The molecule has 0 amide bonds. The van der Waals surface area contributed by atoms with E-state index in [-0.39, 0.29) is 6.10 Å². The Morgan fingerprint density at radius 2 is 2.44 bits per heavy atom. The summed E-state index contributed by atoms with van der Waals surface area (Å²) in [6.07, 6.45) is 3.39. The Morgan fingerprint density at radius 3 is 3.19 bits per heavy atom. The van der Waals surface area contributed by atoms with Gasteiger partial charge in [-0.25, -0.2) is 0 Å². The molecule has 16 heavy (non-hydrogen) atoms. The van der Waals surface area contributed by atoms with E-state index < -0.39 is 0 Å². The molecule has 1 aliphatic heterocycles. The summed E-state index contributed by atoms with van der Waals surface area (Å²) in [7, 11) is 0. The van der Waals surface area contributed by atoms with E-state index in [1.54, 1.807) is 6.20 Å². The highest BCUT2D eigenvalue weighted by atomic mass is 16.3. The van der Waals surface area contributed by atoms with Crippen molar-refractivity contribution in [2.24, 2.45) is 0 Å². The number of aliphatic hydroxyl groups excluding tert-OH is 1. The van der Waals surface area contributed by atoms with Gasteiger partial charge >= 0.3 is 0 Å². The second kappa shape index (κ2) is 5.39. The maximum atomic E-state index is 9.74. The molecule has 0 saturated carbocycles. The number of hydrogen-bond donors (Lipinski definition) is 2. The fourth-order valence-electron chi connectivity index (χ4n) is 2.11. The van der Waals surface area contributed by atoms with Crippen molar-refractivity contribution in [1.29, 1.82) is 0 Å². The first-order valence-electron chi connectivity index (χ1n) is 5.77. The average molecular weight is 221 g/mol. The minimum absolute atomic E-state index is 0.276. The summed E-state index contributed by atoms with van der Waals surface area (Å²) in [5.41, 5.74) is 1.20. The van der Waals surface area contributed by atoms with Crippen LogP contribution in [-0.2, 0) is 6.54 Å². The molecule has 2 heterocycles. The van der Waals surface area contributed by atoms with Gasteiger partial charge in [-0.05, 0) is 18.6 Å². The highest BCUT2D eigenvalue weighted by molar-refractivity contribution is 5.08. The summed E-state index contributed by atoms with van der Waals surface area (Å²) in [5, 5.41) is 13.0. The molecule has 1 aromatic rings. The summed E-state index contributed by atoms with van der Waals surface area (Å²) in [6, 6.07) is 4.45. The van der Waals surface area contributed by atoms with Crippen LogP contribution < -0.4 is 5.32 Å². The van der Waals surface area contributed by atoms with Gasteiger partial charge in [0.05, 0.1) is 6.10 Å². The zero-order valence-corrected chi connectivity index (χ0v) is 9.63. The molecule has 1 aliphatic rings. The predicted octanol–water partition coefficient (Wildman–Crippen LogP) is 0.236. The summed E-state index contributed by atoms with van der Waals surface area (Å²) in [5.74, 6) is 0. The zero-order valence-electron chi connectivity index (χ0n) is 9.63. The van der Waals surface area contributed by atoms with Crippen molar-refractivity contribution in [1.82, 2.24) is 15.2 Å². The number of aliphatic hydroxyl groups is 1. The molecule has 4 heteroatoms. The van der Waals surface area contributed by atoms with Gasteiger partial charge in [-0.3, -0.25) is 9.88 Å². The van der Waals surface area contributed by atoms with Gasteiger partial charge in [0, 0.05) is 44.6 Å². The molecule has 0 spiro atoms. The molecule has 1 fully saturated rings. The van der Waals surface area contributed by atoms with E-state index >= 15 is 0 Å². The van der Waals surface area contributed by atoms with Crippen molar-refractivity contribution in [3.8, 4) is 0 Å². The Labute approximate surface area is 96.3 Å². The summed E-state index contributed by atoms with van der Waals surface area (Å²) in [6.45, 7) is 5.38. The monoisotopic (exact) mass is 221 g/mol. The molecule has 4 nitrogen and oxygen atoms in total. The number of aromatic nitrogens is 1. The molecule has 2 N–H and O–H groups in total. The summed E-state index contributed by atoms with van der Waals surface area (Å²) >= 11 is 0. The van der Waals surface area contributed by atoms with Crippen molar-refractivity contribution in [3.05, 3.63) is 30.1 Å². The van der Waals surface area contributed by atoms with Crippen molar-refractivity contribution >= 4 is 0 Å². The average Bonchev–Trinajstić information content (AvgIpc) is 2.42. The Kier molecular flexibility index (Phi) is 3.88. The van der Waals surface area contributed by atoms with E-state index in [0.29, 0.717) is 12.6 Å². The molecular formula is C12H19N3O. The van der Waals surface area contributed by atoms with Gasteiger partial charge in [0.15, 0.2) is 0 Å². The van der Waals surface area contributed by atoms with Crippen LogP contribution in [0.25, 0.3) is 0 Å². The highest BCUT2D eigenvalue weighted by Crippen LogP contribution is 2.07. The van der Waals surface area contributed by atoms with Gasteiger partial charge < -0.3 is 10.4 Å². The highest BCUT2D eigenvalue weighted by Gasteiger charge is 2.19. The fraction of sp³-hybridized carbons (Fsp3) is 0.583. The van der Waals surface area contributed by atoms with Gasteiger partial charge in [-0.2, -0.15) is 0 Å². The van der Waals surface area contributed by atoms with Gasteiger partial charge in [0.25, 0.3) is 0 Å². The topological polar surface area (TPSA) is 48.4 Å². The lowest BCUT2D eigenvalue weighted by Crippen LogP contribution is -2.34. The lowest BCUT2D eigenvalue weighted by atomic mass is 10.2. The van der Waals surface area contributed by atoms with E-state index in [1.165, 1.54) is 5.56 Å². The van der Waals surface area contributed by atoms with Crippen molar-refractivity contribution in [3.63, 3.8) is 0 Å². The van der Waals surface area contributed by atoms with Crippen molar-refractivity contribution in [2.45, 2.75) is 25.6 Å². The number of nitrogens with zero attached hydrogens (tertiary/aromatic N) is 2. The molecule has 0 radical (unpaired) electrons. The Balaban J connectivity index is 1.97. The van der Waals surface area contributed by atoms with Gasteiger partial charge in [0.1, 0.15) is 0 Å². The van der Waals surface area contributed by atoms with Crippen LogP contribution in [0, 0.1) is 0 Å². The van der Waals surface area contributed by atoms with E-state index in [0.717, 1.165) is 19.6 Å². The Morgan fingerprint density at radius 1 is 1.56 bits per heavy atom. The molecule has 2 rings (SSSR count). The maximum Gasteiger partial charge on any atom is 0.0791 e. The zero-order chi connectivity index (χ0) is 11.4. The Hall–Kier alpha value is -0.970. The lowest BCUT2D eigenvalue weighted by Gasteiger charge is -2.22. The van der Waals surface area contributed by atoms with E-state index in [4.69, 9.17) is 0 Å². The quantitative estimate of drug-likeness (QED) is 0.751. The third kappa shape index (κ3) is 3.27. The van der Waals surface area contributed by atoms with Gasteiger partial charge in [-0.1, -0.05) is 6.07 Å². The molecule has 88 valence electrons.